The standard InChI is InChI=1S/C19H20N2O5/c1-12-9-17(10-18(23)25-12)26-16-7-8-21(11-16)19(24)14-3-5-15(6-4-14)20-13(2)22/h3-6,9-10,16H,7-8,11H2,1-2H3,(H,20,22). The summed E-state index contributed by atoms with van der Waals surface area (Å²) in [6, 6.07) is 9.74. The second-order valence-electron chi connectivity index (χ2n) is 6.26. The largest absolute Gasteiger partial charge is 0.488 e. The van der Waals surface area contributed by atoms with Crippen molar-refractivity contribution in [1.82, 2.24) is 4.90 Å². The zero-order valence-electron chi connectivity index (χ0n) is 14.7. The van der Waals surface area contributed by atoms with Crippen molar-refractivity contribution in [3.05, 3.63) is 58.1 Å². The predicted octanol–water partition coefficient (Wildman–Crippen LogP) is 2.20. The van der Waals surface area contributed by atoms with Crippen LogP contribution >= 0.6 is 0 Å². The van der Waals surface area contributed by atoms with Gasteiger partial charge in [0.2, 0.25) is 5.91 Å². The average molecular weight is 356 g/mol. The fraction of sp³-hybridized carbons (Fsp3) is 0.316. The van der Waals surface area contributed by atoms with Crippen LogP contribution in [0.1, 0.15) is 29.5 Å². The molecule has 1 aliphatic heterocycles. The molecule has 0 saturated carbocycles. The lowest BCUT2D eigenvalue weighted by Gasteiger charge is -2.17. The van der Waals surface area contributed by atoms with E-state index in [9.17, 15) is 14.4 Å². The third kappa shape index (κ3) is 4.30. The summed E-state index contributed by atoms with van der Waals surface area (Å²) >= 11 is 0. The minimum atomic E-state index is -0.454. The monoisotopic (exact) mass is 356 g/mol. The lowest BCUT2D eigenvalue weighted by atomic mass is 10.2. The molecule has 0 spiro atoms. The van der Waals surface area contributed by atoms with Crippen LogP contribution in [0.25, 0.3) is 0 Å². The molecule has 1 saturated heterocycles. The number of benzene rings is 1. The topological polar surface area (TPSA) is 88.8 Å². The number of nitrogens with one attached hydrogen (secondary N) is 1. The van der Waals surface area contributed by atoms with Crippen molar-refractivity contribution in [3.63, 3.8) is 0 Å². The first-order valence-corrected chi connectivity index (χ1v) is 8.36. The molecule has 7 heteroatoms. The maximum Gasteiger partial charge on any atom is 0.339 e. The lowest BCUT2D eigenvalue weighted by Crippen LogP contribution is -2.31. The van der Waals surface area contributed by atoms with Gasteiger partial charge in [-0.25, -0.2) is 4.79 Å². The molecule has 1 aliphatic rings. The van der Waals surface area contributed by atoms with Gasteiger partial charge in [0, 0.05) is 37.2 Å². The van der Waals surface area contributed by atoms with E-state index in [4.69, 9.17) is 9.15 Å². The van der Waals surface area contributed by atoms with Gasteiger partial charge in [0.15, 0.2) is 0 Å². The molecule has 3 rings (SSSR count). The number of likely N-dealkylation sites (tertiary alicyclic amines) is 1. The van der Waals surface area contributed by atoms with E-state index in [1.54, 1.807) is 42.2 Å². The number of hydrogen-bond donors (Lipinski definition) is 1. The summed E-state index contributed by atoms with van der Waals surface area (Å²) in [5, 5.41) is 2.67. The van der Waals surface area contributed by atoms with Gasteiger partial charge in [-0.05, 0) is 31.2 Å². The molecular weight excluding hydrogens is 336 g/mol. The molecule has 0 aliphatic carbocycles. The SMILES string of the molecule is CC(=O)Nc1ccc(C(=O)N2CCC(Oc3cc(C)oc(=O)c3)C2)cc1. The fourth-order valence-corrected chi connectivity index (χ4v) is 2.93. The van der Waals surface area contributed by atoms with E-state index in [-0.39, 0.29) is 17.9 Å². The van der Waals surface area contributed by atoms with Crippen LogP contribution in [0, 0.1) is 6.92 Å². The maximum absolute atomic E-state index is 12.6. The Morgan fingerprint density at radius 1 is 1.23 bits per heavy atom. The molecule has 1 N–H and O–H groups in total. The molecular formula is C19H20N2O5. The minimum absolute atomic E-state index is 0.0887. The van der Waals surface area contributed by atoms with Crippen molar-refractivity contribution in [3.8, 4) is 5.75 Å². The van der Waals surface area contributed by atoms with Crippen molar-refractivity contribution < 1.29 is 18.7 Å². The Morgan fingerprint density at radius 2 is 1.96 bits per heavy atom. The van der Waals surface area contributed by atoms with E-state index in [1.165, 1.54) is 13.0 Å². The number of amides is 2. The molecule has 7 nitrogen and oxygen atoms in total. The number of ether oxygens (including phenoxy) is 1. The van der Waals surface area contributed by atoms with E-state index in [0.717, 1.165) is 0 Å². The number of anilines is 1. The normalized spacial score (nSPS) is 16.4. The summed E-state index contributed by atoms with van der Waals surface area (Å²) in [7, 11) is 0. The van der Waals surface area contributed by atoms with Gasteiger partial charge < -0.3 is 19.4 Å². The van der Waals surface area contributed by atoms with Crippen LogP contribution in [0.5, 0.6) is 5.75 Å². The van der Waals surface area contributed by atoms with Crippen molar-refractivity contribution >= 4 is 17.5 Å². The molecule has 1 aromatic carbocycles. The van der Waals surface area contributed by atoms with Crippen molar-refractivity contribution in [2.45, 2.75) is 26.4 Å². The number of rotatable bonds is 4. The highest BCUT2D eigenvalue weighted by atomic mass is 16.5. The third-order valence-electron chi connectivity index (χ3n) is 4.05. The Bertz CT molecular complexity index is 872. The van der Waals surface area contributed by atoms with E-state index >= 15 is 0 Å². The summed E-state index contributed by atoms with van der Waals surface area (Å²) in [5.41, 5.74) is 0.746. The summed E-state index contributed by atoms with van der Waals surface area (Å²) in [5.74, 6) is 0.693. The van der Waals surface area contributed by atoms with Gasteiger partial charge in [0.1, 0.15) is 17.6 Å². The first-order chi connectivity index (χ1) is 12.4. The van der Waals surface area contributed by atoms with Gasteiger partial charge in [-0.2, -0.15) is 0 Å². The van der Waals surface area contributed by atoms with E-state index < -0.39 is 5.63 Å². The van der Waals surface area contributed by atoms with Crippen molar-refractivity contribution in [2.24, 2.45) is 0 Å². The van der Waals surface area contributed by atoms with Gasteiger partial charge >= 0.3 is 5.63 Å². The quantitative estimate of drug-likeness (QED) is 0.907. The van der Waals surface area contributed by atoms with E-state index in [2.05, 4.69) is 5.32 Å². The number of nitrogens with zero attached hydrogens (tertiary/aromatic N) is 1. The van der Waals surface area contributed by atoms with E-state index in [0.29, 0.717) is 42.3 Å². The zero-order chi connectivity index (χ0) is 18.7. The minimum Gasteiger partial charge on any atom is -0.488 e. The molecule has 136 valence electrons. The molecule has 1 aromatic heterocycles. The molecule has 0 bridgehead atoms. The second-order valence-corrected chi connectivity index (χ2v) is 6.26. The van der Waals surface area contributed by atoms with Gasteiger partial charge in [-0.15, -0.1) is 0 Å². The van der Waals surface area contributed by atoms with Crippen LogP contribution in [0.15, 0.2) is 45.6 Å². The fourth-order valence-electron chi connectivity index (χ4n) is 2.93. The Balaban J connectivity index is 1.61. The Hall–Kier alpha value is -3.09. The van der Waals surface area contributed by atoms with Crippen LogP contribution in [0.2, 0.25) is 0 Å². The molecule has 2 amide bonds. The first-order valence-electron chi connectivity index (χ1n) is 8.36. The van der Waals surface area contributed by atoms with Crippen LogP contribution < -0.4 is 15.7 Å². The van der Waals surface area contributed by atoms with Crippen LogP contribution in [-0.4, -0.2) is 35.9 Å². The molecule has 1 atom stereocenters. The molecule has 2 heterocycles. The Kier molecular flexibility index (Phi) is 5.06. The first kappa shape index (κ1) is 17.7. The summed E-state index contributed by atoms with van der Waals surface area (Å²) in [6.45, 7) is 4.15. The van der Waals surface area contributed by atoms with E-state index in [1.807, 2.05) is 0 Å². The zero-order valence-corrected chi connectivity index (χ0v) is 14.7. The Morgan fingerprint density at radius 3 is 2.62 bits per heavy atom. The smallest absolute Gasteiger partial charge is 0.339 e. The summed E-state index contributed by atoms with van der Waals surface area (Å²) in [4.78, 5) is 36.8. The second kappa shape index (κ2) is 7.43. The third-order valence-corrected chi connectivity index (χ3v) is 4.05. The highest BCUT2D eigenvalue weighted by molar-refractivity contribution is 5.95. The lowest BCUT2D eigenvalue weighted by molar-refractivity contribution is -0.114. The van der Waals surface area contributed by atoms with Gasteiger partial charge in [0.05, 0.1) is 12.6 Å². The van der Waals surface area contributed by atoms with Gasteiger partial charge in [-0.3, -0.25) is 9.59 Å². The molecule has 2 aromatic rings. The predicted molar refractivity (Wildman–Crippen MR) is 95.4 cm³/mol. The number of hydrogen-bond acceptors (Lipinski definition) is 5. The molecule has 0 radical (unpaired) electrons. The van der Waals surface area contributed by atoms with Gasteiger partial charge in [0.25, 0.3) is 5.91 Å². The van der Waals surface area contributed by atoms with Crippen LogP contribution in [0.4, 0.5) is 5.69 Å². The number of carbonyl (C=O) groups excluding carboxylic acids is 2. The Labute approximate surface area is 150 Å². The highest BCUT2D eigenvalue weighted by Crippen LogP contribution is 2.20. The molecule has 26 heavy (non-hydrogen) atoms. The maximum atomic E-state index is 12.6. The average Bonchev–Trinajstić information content (AvgIpc) is 3.02. The van der Waals surface area contributed by atoms with Crippen LogP contribution in [-0.2, 0) is 4.79 Å². The molecule has 1 unspecified atom stereocenters. The summed E-state index contributed by atoms with van der Waals surface area (Å²) < 4.78 is 10.7. The number of carbonyl (C=O) groups is 2. The van der Waals surface area contributed by atoms with Crippen LogP contribution in [0.3, 0.4) is 0 Å². The highest BCUT2D eigenvalue weighted by Gasteiger charge is 2.28. The van der Waals surface area contributed by atoms with Gasteiger partial charge in [-0.1, -0.05) is 0 Å². The van der Waals surface area contributed by atoms with Crippen molar-refractivity contribution in [1.29, 1.82) is 0 Å². The summed E-state index contributed by atoms with van der Waals surface area (Å²) in [6.07, 6.45) is 0.522. The van der Waals surface area contributed by atoms with Crippen molar-refractivity contribution in [2.75, 3.05) is 18.4 Å². The number of aryl methyl sites for hydroxylation is 1. The molecule has 1 fully saturated rings.